The van der Waals surface area contributed by atoms with Crippen LogP contribution in [0.4, 0.5) is 0 Å². The molecule has 4 rings (SSSR count). The summed E-state index contributed by atoms with van der Waals surface area (Å²) < 4.78 is 0. The summed E-state index contributed by atoms with van der Waals surface area (Å²) in [5.41, 5.74) is 5.54. The van der Waals surface area contributed by atoms with Gasteiger partial charge in [-0.1, -0.05) is 0 Å². The van der Waals surface area contributed by atoms with Crippen molar-refractivity contribution in [2.24, 2.45) is 28.9 Å². The lowest BCUT2D eigenvalue weighted by molar-refractivity contribution is -0.126. The number of amides is 2. The van der Waals surface area contributed by atoms with Gasteiger partial charge in [0.2, 0.25) is 11.8 Å². The minimum absolute atomic E-state index is 0.0440. The summed E-state index contributed by atoms with van der Waals surface area (Å²) in [6.45, 7) is 0.762. The maximum absolute atomic E-state index is 11.8. The molecule has 5 heteroatoms. The van der Waals surface area contributed by atoms with Gasteiger partial charge in [0, 0.05) is 6.54 Å². The van der Waals surface area contributed by atoms with Crippen LogP contribution in [0.5, 0.6) is 0 Å². The first kappa shape index (κ1) is 13.9. The van der Waals surface area contributed by atoms with Gasteiger partial charge in [-0.2, -0.15) is 0 Å². The van der Waals surface area contributed by atoms with E-state index >= 15 is 0 Å². The molecule has 0 aromatic carbocycles. The summed E-state index contributed by atoms with van der Waals surface area (Å²) >= 11 is 0. The van der Waals surface area contributed by atoms with Crippen LogP contribution in [-0.4, -0.2) is 31.4 Å². The molecule has 4 bridgehead atoms. The first-order valence-electron chi connectivity index (χ1n) is 7.82. The number of rotatable bonds is 5. The lowest BCUT2D eigenvalue weighted by Crippen LogP contribution is -2.52. The van der Waals surface area contributed by atoms with E-state index in [2.05, 4.69) is 10.6 Å². The first-order chi connectivity index (χ1) is 9.58. The number of nitrogens with two attached hydrogens (primary N) is 1. The van der Waals surface area contributed by atoms with E-state index in [1.165, 1.54) is 38.5 Å². The summed E-state index contributed by atoms with van der Waals surface area (Å²) in [6.07, 6.45) is 8.11. The molecular formula is C15H25N3O2. The van der Waals surface area contributed by atoms with E-state index in [0.717, 1.165) is 24.3 Å². The number of carbonyl (C=O) groups is 2. The second-order valence-corrected chi connectivity index (χ2v) is 7.18. The van der Waals surface area contributed by atoms with Gasteiger partial charge < -0.3 is 16.4 Å². The third-order valence-electron chi connectivity index (χ3n) is 5.46. The highest BCUT2D eigenvalue weighted by atomic mass is 16.2. The molecule has 0 aromatic rings. The molecule has 0 radical (unpaired) electrons. The number of nitrogens with one attached hydrogen (secondary N) is 2. The van der Waals surface area contributed by atoms with E-state index < -0.39 is 0 Å². The molecule has 0 heterocycles. The number of hydrogen-bond donors (Lipinski definition) is 3. The van der Waals surface area contributed by atoms with Crippen LogP contribution in [0.15, 0.2) is 0 Å². The van der Waals surface area contributed by atoms with Crippen LogP contribution in [0, 0.1) is 23.2 Å². The summed E-state index contributed by atoms with van der Waals surface area (Å²) in [5, 5.41) is 5.54. The average Bonchev–Trinajstić information content (AvgIpc) is 2.41. The van der Waals surface area contributed by atoms with Crippen LogP contribution < -0.4 is 16.4 Å². The molecule has 4 aliphatic rings. The Kier molecular flexibility index (Phi) is 3.71. The Morgan fingerprint density at radius 1 is 0.950 bits per heavy atom. The lowest BCUT2D eigenvalue weighted by atomic mass is 9.49. The Bertz CT molecular complexity index is 373. The summed E-state index contributed by atoms with van der Waals surface area (Å²) in [7, 11) is 0. The number of hydrogen-bond acceptors (Lipinski definition) is 3. The highest BCUT2D eigenvalue weighted by Gasteiger charge is 2.50. The molecule has 20 heavy (non-hydrogen) atoms. The van der Waals surface area contributed by atoms with Crippen molar-refractivity contribution in [3.63, 3.8) is 0 Å². The predicted molar refractivity (Wildman–Crippen MR) is 75.7 cm³/mol. The molecule has 0 unspecified atom stereocenters. The number of carbonyl (C=O) groups excluding carboxylic acids is 2. The lowest BCUT2D eigenvalue weighted by Gasteiger charge is -2.56. The molecule has 0 aromatic heterocycles. The highest BCUT2D eigenvalue weighted by Crippen LogP contribution is 2.59. The minimum Gasteiger partial charge on any atom is -0.354 e. The van der Waals surface area contributed by atoms with Gasteiger partial charge in [-0.15, -0.1) is 0 Å². The van der Waals surface area contributed by atoms with Crippen molar-refractivity contribution in [1.29, 1.82) is 0 Å². The Balaban J connectivity index is 1.48. The minimum atomic E-state index is -0.282. The third-order valence-corrected chi connectivity index (χ3v) is 5.46. The first-order valence-corrected chi connectivity index (χ1v) is 7.82. The van der Waals surface area contributed by atoms with Crippen molar-refractivity contribution in [2.75, 3.05) is 19.6 Å². The molecule has 4 aliphatic carbocycles. The van der Waals surface area contributed by atoms with E-state index in [1.54, 1.807) is 0 Å². The molecule has 2 amide bonds. The molecule has 4 fully saturated rings. The molecule has 5 nitrogen and oxygen atoms in total. The zero-order chi connectivity index (χ0) is 14.2. The maximum atomic E-state index is 11.8. The van der Waals surface area contributed by atoms with Crippen molar-refractivity contribution in [3.8, 4) is 0 Å². The quantitative estimate of drug-likeness (QED) is 0.681. The van der Waals surface area contributed by atoms with E-state index in [-0.39, 0.29) is 24.9 Å². The zero-order valence-electron chi connectivity index (χ0n) is 12.0. The van der Waals surface area contributed by atoms with E-state index in [9.17, 15) is 9.59 Å². The third kappa shape index (κ3) is 2.82. The maximum Gasteiger partial charge on any atom is 0.239 e. The Hall–Kier alpha value is -1.10. The van der Waals surface area contributed by atoms with Gasteiger partial charge in [-0.25, -0.2) is 0 Å². The smallest absolute Gasteiger partial charge is 0.239 e. The van der Waals surface area contributed by atoms with Crippen molar-refractivity contribution in [2.45, 2.75) is 38.5 Å². The summed E-state index contributed by atoms with van der Waals surface area (Å²) in [6, 6.07) is 0. The normalized spacial score (nSPS) is 37.8. The second kappa shape index (κ2) is 5.35. The van der Waals surface area contributed by atoms with Crippen molar-refractivity contribution in [3.05, 3.63) is 0 Å². The van der Waals surface area contributed by atoms with Crippen LogP contribution in [0.1, 0.15) is 38.5 Å². The Labute approximate surface area is 120 Å². The van der Waals surface area contributed by atoms with Crippen molar-refractivity contribution >= 4 is 11.8 Å². The Morgan fingerprint density at radius 2 is 1.50 bits per heavy atom. The van der Waals surface area contributed by atoms with Crippen LogP contribution in [0.2, 0.25) is 0 Å². The van der Waals surface area contributed by atoms with E-state index in [1.807, 2.05) is 0 Å². The molecule has 4 saturated carbocycles. The van der Waals surface area contributed by atoms with Gasteiger partial charge in [0.25, 0.3) is 0 Å². The fourth-order valence-corrected chi connectivity index (χ4v) is 5.11. The summed E-state index contributed by atoms with van der Waals surface area (Å²) in [5.74, 6) is 2.32. The van der Waals surface area contributed by atoms with Gasteiger partial charge in [0.05, 0.1) is 13.1 Å². The van der Waals surface area contributed by atoms with Gasteiger partial charge >= 0.3 is 0 Å². The standard InChI is InChI=1S/C15H25N3O2/c16-7-13(19)17-8-14(20)18-9-15-4-10-1-11(5-15)3-12(2-10)6-15/h10-12H,1-9,16H2,(H,17,19)(H,18,20). The topological polar surface area (TPSA) is 84.2 Å². The molecule has 0 saturated heterocycles. The van der Waals surface area contributed by atoms with Gasteiger partial charge in [-0.05, 0) is 61.7 Å². The molecular weight excluding hydrogens is 254 g/mol. The Morgan fingerprint density at radius 3 is 2.00 bits per heavy atom. The zero-order valence-corrected chi connectivity index (χ0v) is 12.0. The van der Waals surface area contributed by atoms with E-state index in [0.29, 0.717) is 5.41 Å². The van der Waals surface area contributed by atoms with Crippen molar-refractivity contribution in [1.82, 2.24) is 10.6 Å². The largest absolute Gasteiger partial charge is 0.354 e. The monoisotopic (exact) mass is 279 g/mol. The predicted octanol–water partition coefficient (Wildman–Crippen LogP) is 0.394. The van der Waals surface area contributed by atoms with Crippen LogP contribution in [0.25, 0.3) is 0 Å². The van der Waals surface area contributed by atoms with Gasteiger partial charge in [-0.3, -0.25) is 9.59 Å². The van der Waals surface area contributed by atoms with Gasteiger partial charge in [0.15, 0.2) is 0 Å². The molecule has 4 N–H and O–H groups in total. The van der Waals surface area contributed by atoms with Crippen LogP contribution in [0.3, 0.4) is 0 Å². The molecule has 0 aliphatic heterocycles. The second-order valence-electron chi connectivity index (χ2n) is 7.18. The summed E-state index contributed by atoms with van der Waals surface area (Å²) in [4.78, 5) is 22.8. The fourth-order valence-electron chi connectivity index (χ4n) is 5.11. The molecule has 0 atom stereocenters. The molecule has 0 spiro atoms. The van der Waals surface area contributed by atoms with Crippen LogP contribution in [-0.2, 0) is 9.59 Å². The van der Waals surface area contributed by atoms with E-state index in [4.69, 9.17) is 5.73 Å². The fraction of sp³-hybridized carbons (Fsp3) is 0.867. The van der Waals surface area contributed by atoms with Gasteiger partial charge in [0.1, 0.15) is 0 Å². The highest BCUT2D eigenvalue weighted by molar-refractivity contribution is 5.85. The molecule has 112 valence electrons. The van der Waals surface area contributed by atoms with Crippen LogP contribution >= 0.6 is 0 Å². The average molecular weight is 279 g/mol. The van der Waals surface area contributed by atoms with Crippen molar-refractivity contribution < 1.29 is 9.59 Å². The SMILES string of the molecule is NCC(=O)NCC(=O)NCC12CC3CC(CC(C3)C1)C2.